The van der Waals surface area contributed by atoms with E-state index < -0.39 is 11.9 Å². The molecule has 1 amide bonds. The smallest absolute Gasteiger partial charge is 0.306 e. The summed E-state index contributed by atoms with van der Waals surface area (Å²) >= 11 is 0. The van der Waals surface area contributed by atoms with Crippen LogP contribution in [0.4, 0.5) is 0 Å². The summed E-state index contributed by atoms with van der Waals surface area (Å²) in [5, 5.41) is 0. The van der Waals surface area contributed by atoms with Crippen molar-refractivity contribution < 1.29 is 19.1 Å². The van der Waals surface area contributed by atoms with Gasteiger partial charge in [0.1, 0.15) is 6.61 Å². The van der Waals surface area contributed by atoms with Crippen LogP contribution >= 0.6 is 0 Å². The Morgan fingerprint density at radius 2 is 1.42 bits per heavy atom. The number of ether oxygens (including phenoxy) is 1. The molecular weight excluding hydrogens is 330 g/mol. The van der Waals surface area contributed by atoms with Crippen molar-refractivity contribution in [2.24, 2.45) is 5.73 Å². The first-order chi connectivity index (χ1) is 12.5. The molecule has 2 aromatic rings. The van der Waals surface area contributed by atoms with Gasteiger partial charge in [-0.25, -0.2) is 0 Å². The molecule has 26 heavy (non-hydrogen) atoms. The Morgan fingerprint density at radius 1 is 0.846 bits per heavy atom. The van der Waals surface area contributed by atoms with E-state index in [1.165, 1.54) is 5.56 Å². The zero-order valence-corrected chi connectivity index (χ0v) is 14.9. The van der Waals surface area contributed by atoms with Gasteiger partial charge in [-0.3, -0.25) is 14.4 Å². The zero-order chi connectivity index (χ0) is 18.9. The number of amides is 1. The standard InChI is InChI=1S/C21H23NO4/c1-2-3-15-4-8-17(9-5-15)19(23)12-13-20(24)26-14-16-6-10-18(11-7-16)21(22)25/h4-11H,2-3,12-14H2,1H3,(H2,22,25). The van der Waals surface area contributed by atoms with Crippen molar-refractivity contribution in [3.05, 3.63) is 70.8 Å². The highest BCUT2D eigenvalue weighted by molar-refractivity contribution is 5.97. The molecule has 2 rings (SSSR count). The number of esters is 1. The van der Waals surface area contributed by atoms with Crippen molar-refractivity contribution in [1.29, 1.82) is 0 Å². The van der Waals surface area contributed by atoms with Crippen LogP contribution in [-0.2, 0) is 22.6 Å². The van der Waals surface area contributed by atoms with Gasteiger partial charge < -0.3 is 10.5 Å². The van der Waals surface area contributed by atoms with E-state index in [4.69, 9.17) is 10.5 Å². The van der Waals surface area contributed by atoms with E-state index in [-0.39, 0.29) is 25.2 Å². The molecule has 0 aliphatic rings. The SMILES string of the molecule is CCCc1ccc(C(=O)CCC(=O)OCc2ccc(C(N)=O)cc2)cc1. The number of carbonyl (C=O) groups excluding carboxylic acids is 3. The molecule has 0 bridgehead atoms. The fourth-order valence-electron chi connectivity index (χ4n) is 2.51. The first-order valence-corrected chi connectivity index (χ1v) is 8.66. The monoisotopic (exact) mass is 353 g/mol. The van der Waals surface area contributed by atoms with Gasteiger partial charge in [0, 0.05) is 17.5 Å². The first-order valence-electron chi connectivity index (χ1n) is 8.66. The van der Waals surface area contributed by atoms with Gasteiger partial charge in [-0.05, 0) is 29.7 Å². The van der Waals surface area contributed by atoms with Crippen molar-refractivity contribution in [2.75, 3.05) is 0 Å². The van der Waals surface area contributed by atoms with Gasteiger partial charge in [0.25, 0.3) is 0 Å². The lowest BCUT2D eigenvalue weighted by Crippen LogP contribution is -2.11. The molecule has 5 heteroatoms. The van der Waals surface area contributed by atoms with E-state index in [1.54, 1.807) is 36.4 Å². The van der Waals surface area contributed by atoms with Crippen molar-refractivity contribution in [2.45, 2.75) is 39.2 Å². The third-order valence-electron chi connectivity index (χ3n) is 4.01. The summed E-state index contributed by atoms with van der Waals surface area (Å²) in [7, 11) is 0. The average Bonchev–Trinajstić information content (AvgIpc) is 2.65. The van der Waals surface area contributed by atoms with Crippen LogP contribution in [0.5, 0.6) is 0 Å². The fourth-order valence-corrected chi connectivity index (χ4v) is 2.51. The van der Waals surface area contributed by atoms with E-state index >= 15 is 0 Å². The molecule has 5 nitrogen and oxygen atoms in total. The quantitative estimate of drug-likeness (QED) is 0.552. The molecule has 136 valence electrons. The topological polar surface area (TPSA) is 86.5 Å². The van der Waals surface area contributed by atoms with Gasteiger partial charge in [0.2, 0.25) is 5.91 Å². The van der Waals surface area contributed by atoms with Crippen molar-refractivity contribution in [3.8, 4) is 0 Å². The minimum Gasteiger partial charge on any atom is -0.461 e. The van der Waals surface area contributed by atoms with Crippen LogP contribution in [0, 0.1) is 0 Å². The second kappa shape index (κ2) is 9.51. The minimum atomic E-state index is -0.505. The highest BCUT2D eigenvalue weighted by atomic mass is 16.5. The number of hydrogen-bond donors (Lipinski definition) is 1. The maximum Gasteiger partial charge on any atom is 0.306 e. The number of hydrogen-bond acceptors (Lipinski definition) is 4. The lowest BCUT2D eigenvalue weighted by molar-refractivity contribution is -0.144. The van der Waals surface area contributed by atoms with E-state index in [2.05, 4.69) is 6.92 Å². The number of Topliss-reactive ketones (excluding diaryl/α,β-unsaturated/α-hetero) is 1. The lowest BCUT2D eigenvalue weighted by atomic mass is 10.0. The Hall–Kier alpha value is -2.95. The van der Waals surface area contributed by atoms with Crippen LogP contribution in [0.1, 0.15) is 58.0 Å². The normalized spacial score (nSPS) is 10.3. The van der Waals surface area contributed by atoms with Crippen LogP contribution in [-0.4, -0.2) is 17.7 Å². The van der Waals surface area contributed by atoms with E-state index in [9.17, 15) is 14.4 Å². The maximum absolute atomic E-state index is 12.1. The molecule has 0 atom stereocenters. The van der Waals surface area contributed by atoms with Crippen LogP contribution in [0.15, 0.2) is 48.5 Å². The molecule has 0 aromatic heterocycles. The Labute approximate surface area is 153 Å². The maximum atomic E-state index is 12.1. The summed E-state index contributed by atoms with van der Waals surface area (Å²) in [4.78, 5) is 35.0. The second-order valence-electron chi connectivity index (χ2n) is 6.09. The molecule has 0 heterocycles. The zero-order valence-electron chi connectivity index (χ0n) is 14.9. The molecule has 0 unspecified atom stereocenters. The Balaban J connectivity index is 1.77. The number of nitrogens with two attached hydrogens (primary N) is 1. The number of primary amides is 1. The third kappa shape index (κ3) is 5.84. The molecular formula is C21H23NO4. The summed E-state index contributed by atoms with van der Waals surface area (Å²) in [5.74, 6) is -1.01. The molecule has 0 fully saturated rings. The predicted octanol–water partition coefficient (Wildman–Crippen LogP) is 3.44. The summed E-state index contributed by atoms with van der Waals surface area (Å²) in [5.41, 5.74) is 8.13. The molecule has 0 aliphatic heterocycles. The molecule has 0 aliphatic carbocycles. The van der Waals surface area contributed by atoms with Crippen molar-refractivity contribution >= 4 is 17.7 Å². The van der Waals surface area contributed by atoms with Crippen LogP contribution in [0.3, 0.4) is 0 Å². The highest BCUT2D eigenvalue weighted by Gasteiger charge is 2.11. The van der Waals surface area contributed by atoms with Gasteiger partial charge in [-0.15, -0.1) is 0 Å². The minimum absolute atomic E-state index is 0.0366. The molecule has 0 radical (unpaired) electrons. The summed E-state index contributed by atoms with van der Waals surface area (Å²) < 4.78 is 5.16. The summed E-state index contributed by atoms with van der Waals surface area (Å²) in [6, 6.07) is 14.0. The van der Waals surface area contributed by atoms with Crippen molar-refractivity contribution in [1.82, 2.24) is 0 Å². The van der Waals surface area contributed by atoms with Crippen LogP contribution < -0.4 is 5.73 Å². The fraction of sp³-hybridized carbons (Fsp3) is 0.286. The average molecular weight is 353 g/mol. The van der Waals surface area contributed by atoms with Crippen molar-refractivity contribution in [3.63, 3.8) is 0 Å². The van der Waals surface area contributed by atoms with E-state index in [1.807, 2.05) is 12.1 Å². The Morgan fingerprint density at radius 3 is 2.00 bits per heavy atom. The molecule has 0 spiro atoms. The molecule has 0 saturated heterocycles. The van der Waals surface area contributed by atoms with E-state index in [0.29, 0.717) is 11.1 Å². The van der Waals surface area contributed by atoms with Gasteiger partial charge in [-0.2, -0.15) is 0 Å². The van der Waals surface area contributed by atoms with Gasteiger partial charge in [0.05, 0.1) is 6.42 Å². The van der Waals surface area contributed by atoms with Gasteiger partial charge in [-0.1, -0.05) is 49.7 Å². The number of carbonyl (C=O) groups is 3. The second-order valence-corrected chi connectivity index (χ2v) is 6.09. The number of benzene rings is 2. The molecule has 2 aromatic carbocycles. The Kier molecular flexibility index (Phi) is 7.09. The molecule has 0 saturated carbocycles. The van der Waals surface area contributed by atoms with Crippen LogP contribution in [0.2, 0.25) is 0 Å². The summed E-state index contributed by atoms with van der Waals surface area (Å²) in [6.45, 7) is 2.20. The van der Waals surface area contributed by atoms with E-state index in [0.717, 1.165) is 18.4 Å². The highest BCUT2D eigenvalue weighted by Crippen LogP contribution is 2.11. The number of aryl methyl sites for hydroxylation is 1. The number of ketones is 1. The largest absolute Gasteiger partial charge is 0.461 e. The number of rotatable bonds is 9. The Bertz CT molecular complexity index is 764. The van der Waals surface area contributed by atoms with Crippen LogP contribution in [0.25, 0.3) is 0 Å². The summed E-state index contributed by atoms with van der Waals surface area (Å²) in [6.07, 6.45) is 2.20. The third-order valence-corrected chi connectivity index (χ3v) is 4.01. The van der Waals surface area contributed by atoms with Gasteiger partial charge in [0.15, 0.2) is 5.78 Å². The predicted molar refractivity (Wildman–Crippen MR) is 98.8 cm³/mol. The lowest BCUT2D eigenvalue weighted by Gasteiger charge is -2.06. The molecule has 2 N–H and O–H groups in total. The first kappa shape index (κ1) is 19.4. The van der Waals surface area contributed by atoms with Gasteiger partial charge >= 0.3 is 5.97 Å².